The number of nitrogens with zero attached hydrogens (tertiary/aromatic N) is 2. The summed E-state index contributed by atoms with van der Waals surface area (Å²) in [5, 5.41) is 13.6. The van der Waals surface area contributed by atoms with Gasteiger partial charge in [0.15, 0.2) is 18.5 Å². The second-order valence-electron chi connectivity index (χ2n) is 9.29. The van der Waals surface area contributed by atoms with E-state index >= 15 is 0 Å². The number of carbonyl (C=O) groups excluding carboxylic acids is 4. The van der Waals surface area contributed by atoms with Gasteiger partial charge in [-0.1, -0.05) is 41.0 Å². The van der Waals surface area contributed by atoms with Gasteiger partial charge in [-0.15, -0.1) is 11.3 Å². The van der Waals surface area contributed by atoms with Crippen molar-refractivity contribution in [2.75, 3.05) is 6.73 Å². The monoisotopic (exact) mass is 541 g/mol. The van der Waals surface area contributed by atoms with Crippen molar-refractivity contribution in [3.63, 3.8) is 0 Å². The van der Waals surface area contributed by atoms with E-state index in [4.69, 9.17) is 9.47 Å². The summed E-state index contributed by atoms with van der Waals surface area (Å²) in [6.07, 6.45) is 0.509. The SMILES string of the molecule is CCCC(=O)OCN(C(=O)[C@@H](NC(C)=O)[C@@H](C)CC)[C@H](C[C@@H](OC(C)=O)c1nc(C(=O)O)cs1)C(C)C. The van der Waals surface area contributed by atoms with Crippen molar-refractivity contribution in [1.82, 2.24) is 15.2 Å². The molecule has 0 aliphatic heterocycles. The summed E-state index contributed by atoms with van der Waals surface area (Å²) in [6, 6.07) is -1.47. The van der Waals surface area contributed by atoms with Crippen molar-refractivity contribution in [3.8, 4) is 0 Å². The van der Waals surface area contributed by atoms with E-state index in [1.165, 1.54) is 24.1 Å². The molecule has 0 aromatic carbocycles. The molecule has 11 nitrogen and oxygen atoms in total. The molecule has 0 spiro atoms. The molecule has 0 saturated heterocycles. The first-order chi connectivity index (χ1) is 17.3. The van der Waals surface area contributed by atoms with Crippen molar-refractivity contribution < 1.29 is 38.6 Å². The quantitative estimate of drug-likeness (QED) is 0.251. The number of amides is 2. The Morgan fingerprint density at radius 1 is 1.14 bits per heavy atom. The van der Waals surface area contributed by atoms with Crippen LogP contribution < -0.4 is 5.32 Å². The van der Waals surface area contributed by atoms with Gasteiger partial charge in [-0.3, -0.25) is 19.2 Å². The lowest BCUT2D eigenvalue weighted by molar-refractivity contribution is -0.160. The predicted octanol–water partition coefficient (Wildman–Crippen LogP) is 3.54. The van der Waals surface area contributed by atoms with Crippen LogP contribution in [0.3, 0.4) is 0 Å². The van der Waals surface area contributed by atoms with E-state index in [1.807, 2.05) is 34.6 Å². The van der Waals surface area contributed by atoms with Crippen molar-refractivity contribution in [3.05, 3.63) is 16.1 Å². The number of hydrogen-bond donors (Lipinski definition) is 2. The van der Waals surface area contributed by atoms with Crippen LogP contribution in [0.15, 0.2) is 5.38 Å². The molecule has 1 heterocycles. The van der Waals surface area contributed by atoms with Gasteiger partial charge in [0, 0.05) is 38.1 Å². The number of esters is 2. The summed E-state index contributed by atoms with van der Waals surface area (Å²) in [5.74, 6) is -3.48. The number of ether oxygens (including phenoxy) is 2. The van der Waals surface area contributed by atoms with E-state index < -0.39 is 42.0 Å². The largest absolute Gasteiger partial charge is 0.476 e. The van der Waals surface area contributed by atoms with E-state index in [0.717, 1.165) is 11.3 Å². The van der Waals surface area contributed by atoms with Crippen LogP contribution in [0.1, 0.15) is 95.7 Å². The second kappa shape index (κ2) is 15.3. The van der Waals surface area contributed by atoms with E-state index in [9.17, 15) is 29.1 Å². The first-order valence-corrected chi connectivity index (χ1v) is 13.3. The Morgan fingerprint density at radius 3 is 2.24 bits per heavy atom. The maximum atomic E-state index is 13.9. The minimum atomic E-state index is -1.21. The first-order valence-electron chi connectivity index (χ1n) is 12.4. The van der Waals surface area contributed by atoms with Crippen LogP contribution >= 0.6 is 11.3 Å². The van der Waals surface area contributed by atoms with Gasteiger partial charge < -0.3 is 24.8 Å². The molecule has 0 saturated carbocycles. The lowest BCUT2D eigenvalue weighted by atomic mass is 9.93. The predicted molar refractivity (Wildman–Crippen MR) is 137 cm³/mol. The summed E-state index contributed by atoms with van der Waals surface area (Å²) >= 11 is 1.03. The first kappa shape index (κ1) is 32.0. The molecule has 0 radical (unpaired) electrons. The van der Waals surface area contributed by atoms with Crippen LogP contribution in [0.2, 0.25) is 0 Å². The molecule has 1 aromatic rings. The topological polar surface area (TPSA) is 152 Å². The highest BCUT2D eigenvalue weighted by molar-refractivity contribution is 7.09. The zero-order valence-electron chi connectivity index (χ0n) is 22.6. The molecule has 2 N–H and O–H groups in total. The number of carboxylic acid groups (broad SMARTS) is 1. The zero-order valence-corrected chi connectivity index (χ0v) is 23.4. The minimum absolute atomic E-state index is 0.0776. The fourth-order valence-electron chi connectivity index (χ4n) is 3.73. The summed E-state index contributed by atoms with van der Waals surface area (Å²) in [7, 11) is 0. The van der Waals surface area contributed by atoms with Crippen LogP contribution in [0.4, 0.5) is 0 Å². The Balaban J connectivity index is 3.47. The summed E-state index contributed by atoms with van der Waals surface area (Å²) < 4.78 is 10.9. The molecule has 208 valence electrons. The molecule has 2 amide bonds. The second-order valence-corrected chi connectivity index (χ2v) is 10.2. The highest BCUT2D eigenvalue weighted by Gasteiger charge is 2.37. The Kier molecular flexibility index (Phi) is 13.2. The maximum absolute atomic E-state index is 13.9. The van der Waals surface area contributed by atoms with Crippen molar-refractivity contribution >= 4 is 41.1 Å². The molecular formula is C25H39N3O8S. The molecule has 1 aromatic heterocycles. The van der Waals surface area contributed by atoms with Gasteiger partial charge in [0.1, 0.15) is 11.0 Å². The maximum Gasteiger partial charge on any atom is 0.355 e. The van der Waals surface area contributed by atoms with Gasteiger partial charge in [-0.05, 0) is 18.3 Å². The highest BCUT2D eigenvalue weighted by Crippen LogP contribution is 2.31. The number of rotatable bonds is 15. The standard InChI is InChI=1S/C25H39N3O8S/c1-8-10-21(31)35-13-28(24(32)22(15(5)9-2)26-16(6)29)19(14(3)4)11-20(36-17(7)30)23-27-18(12-37-23)25(33)34/h12,14-15,19-20,22H,8-11,13H2,1-7H3,(H,26,29)(H,33,34)/t15-,19+,20+,22-/m0/s1. The smallest absolute Gasteiger partial charge is 0.355 e. The van der Waals surface area contributed by atoms with Crippen molar-refractivity contribution in [2.24, 2.45) is 11.8 Å². The number of carbonyl (C=O) groups is 5. The molecule has 0 unspecified atom stereocenters. The number of aromatic carboxylic acids is 1. The summed E-state index contributed by atoms with van der Waals surface area (Å²) in [4.78, 5) is 66.7. The molecular weight excluding hydrogens is 502 g/mol. The molecule has 4 atom stereocenters. The van der Waals surface area contributed by atoms with E-state index in [-0.39, 0.29) is 48.0 Å². The third-order valence-electron chi connectivity index (χ3n) is 5.89. The number of carboxylic acids is 1. The Hall–Kier alpha value is -3.02. The fourth-order valence-corrected chi connectivity index (χ4v) is 4.57. The lowest BCUT2D eigenvalue weighted by Gasteiger charge is -2.38. The minimum Gasteiger partial charge on any atom is -0.476 e. The van der Waals surface area contributed by atoms with Crippen LogP contribution in [0.5, 0.6) is 0 Å². The molecule has 0 fully saturated rings. The number of hydrogen-bond acceptors (Lipinski definition) is 9. The zero-order chi connectivity index (χ0) is 28.3. The average Bonchev–Trinajstić information content (AvgIpc) is 3.31. The summed E-state index contributed by atoms with van der Waals surface area (Å²) in [5.41, 5.74) is -0.179. The van der Waals surface area contributed by atoms with Gasteiger partial charge in [-0.25, -0.2) is 9.78 Å². The molecule has 0 aliphatic rings. The lowest BCUT2D eigenvalue weighted by Crippen LogP contribution is -2.56. The van der Waals surface area contributed by atoms with Gasteiger partial charge in [-0.2, -0.15) is 0 Å². The van der Waals surface area contributed by atoms with Crippen molar-refractivity contribution in [2.45, 2.75) is 92.3 Å². The highest BCUT2D eigenvalue weighted by atomic mass is 32.1. The molecule has 1 rings (SSSR count). The number of aromatic nitrogens is 1. The normalized spacial score (nSPS) is 14.3. The Labute approximate surface area is 221 Å². The Morgan fingerprint density at radius 2 is 1.78 bits per heavy atom. The van der Waals surface area contributed by atoms with Crippen LogP contribution in [0, 0.1) is 11.8 Å². The average molecular weight is 542 g/mol. The van der Waals surface area contributed by atoms with E-state index in [1.54, 1.807) is 0 Å². The van der Waals surface area contributed by atoms with Crippen LogP contribution in [0.25, 0.3) is 0 Å². The van der Waals surface area contributed by atoms with E-state index in [0.29, 0.717) is 12.8 Å². The summed E-state index contributed by atoms with van der Waals surface area (Å²) in [6.45, 7) is 11.5. The van der Waals surface area contributed by atoms with Crippen molar-refractivity contribution in [1.29, 1.82) is 0 Å². The van der Waals surface area contributed by atoms with Gasteiger partial charge >= 0.3 is 17.9 Å². The van der Waals surface area contributed by atoms with E-state index in [2.05, 4.69) is 10.3 Å². The fraction of sp³-hybridized carbons (Fsp3) is 0.680. The van der Waals surface area contributed by atoms with Gasteiger partial charge in [0.2, 0.25) is 11.8 Å². The van der Waals surface area contributed by atoms with Crippen LogP contribution in [-0.4, -0.2) is 63.5 Å². The molecule has 0 aliphatic carbocycles. The van der Waals surface area contributed by atoms with Gasteiger partial charge in [0.05, 0.1) is 0 Å². The number of nitrogens with one attached hydrogen (secondary N) is 1. The third-order valence-corrected chi connectivity index (χ3v) is 6.83. The Bertz CT molecular complexity index is 948. The molecule has 12 heteroatoms. The molecule has 0 bridgehead atoms. The van der Waals surface area contributed by atoms with Crippen LogP contribution in [-0.2, 0) is 28.7 Å². The van der Waals surface area contributed by atoms with Gasteiger partial charge in [0.25, 0.3) is 0 Å². The molecule has 37 heavy (non-hydrogen) atoms. The number of thiazole rings is 1. The third kappa shape index (κ3) is 10.1.